The van der Waals surface area contributed by atoms with Crippen molar-refractivity contribution in [1.29, 1.82) is 0 Å². The van der Waals surface area contributed by atoms with Gasteiger partial charge < -0.3 is 10.0 Å². The Morgan fingerprint density at radius 1 is 1.33 bits per heavy atom. The number of carbonyl (C=O) groups is 1. The molecule has 0 spiro atoms. The Balaban J connectivity index is 2.16. The summed E-state index contributed by atoms with van der Waals surface area (Å²) in [5.74, 6) is -0.821. The number of rotatable bonds is 4. The van der Waals surface area contributed by atoms with Gasteiger partial charge in [-0.3, -0.25) is 4.79 Å². The van der Waals surface area contributed by atoms with Gasteiger partial charge in [-0.2, -0.15) is 13.2 Å². The lowest BCUT2D eigenvalue weighted by Crippen LogP contribution is -2.34. The normalized spacial score (nSPS) is 22.6. The Labute approximate surface area is 121 Å². The lowest BCUT2D eigenvalue weighted by molar-refractivity contribution is -0.148. The van der Waals surface area contributed by atoms with E-state index in [4.69, 9.17) is 0 Å². The summed E-state index contributed by atoms with van der Waals surface area (Å²) in [5.41, 5.74) is -0.831. The first-order chi connectivity index (χ1) is 9.78. The van der Waals surface area contributed by atoms with Crippen molar-refractivity contribution in [3.63, 3.8) is 0 Å². The monoisotopic (exact) mass is 301 g/mol. The van der Waals surface area contributed by atoms with Crippen LogP contribution in [0.1, 0.15) is 31.7 Å². The van der Waals surface area contributed by atoms with Crippen molar-refractivity contribution in [2.45, 2.75) is 32.4 Å². The molecule has 0 bridgehead atoms. The summed E-state index contributed by atoms with van der Waals surface area (Å²) in [7, 11) is 0. The van der Waals surface area contributed by atoms with Crippen molar-refractivity contribution in [3.05, 3.63) is 29.8 Å². The number of carboxylic acids is 1. The average molecular weight is 301 g/mol. The summed E-state index contributed by atoms with van der Waals surface area (Å²) in [6.45, 7) is 2.84. The lowest BCUT2D eigenvalue weighted by atomic mass is 9.83. The molecule has 1 unspecified atom stereocenters. The highest BCUT2D eigenvalue weighted by molar-refractivity contribution is 5.76. The summed E-state index contributed by atoms with van der Waals surface area (Å²) in [6, 6.07) is 4.89. The first-order valence-corrected chi connectivity index (χ1v) is 6.94. The van der Waals surface area contributed by atoms with Gasteiger partial charge in [0, 0.05) is 18.8 Å². The zero-order chi connectivity index (χ0) is 15.7. The van der Waals surface area contributed by atoms with E-state index in [9.17, 15) is 23.1 Å². The highest BCUT2D eigenvalue weighted by Gasteiger charge is 2.44. The molecule has 1 fully saturated rings. The van der Waals surface area contributed by atoms with Crippen LogP contribution < -0.4 is 4.90 Å². The number of alkyl halides is 3. The molecule has 1 saturated heterocycles. The second-order valence-electron chi connectivity index (χ2n) is 5.55. The number of benzene rings is 1. The van der Waals surface area contributed by atoms with E-state index >= 15 is 0 Å². The van der Waals surface area contributed by atoms with E-state index in [0.29, 0.717) is 31.6 Å². The Bertz CT molecular complexity index is 513. The van der Waals surface area contributed by atoms with Crippen LogP contribution in [0.5, 0.6) is 0 Å². The molecule has 0 radical (unpaired) electrons. The predicted octanol–water partition coefficient (Wildman–Crippen LogP) is 3.79. The fourth-order valence-corrected chi connectivity index (χ4v) is 2.92. The Hall–Kier alpha value is -1.72. The van der Waals surface area contributed by atoms with E-state index in [1.54, 1.807) is 0 Å². The summed E-state index contributed by atoms with van der Waals surface area (Å²) >= 11 is 0. The number of halogens is 3. The number of aliphatic carboxylic acids is 1. The molecular formula is C15H18F3NO2. The van der Waals surface area contributed by atoms with Gasteiger partial charge in [0.1, 0.15) is 0 Å². The van der Waals surface area contributed by atoms with Crippen LogP contribution in [0.3, 0.4) is 0 Å². The zero-order valence-electron chi connectivity index (χ0n) is 11.8. The fraction of sp³-hybridized carbons (Fsp3) is 0.533. The Morgan fingerprint density at radius 2 is 1.95 bits per heavy atom. The molecule has 1 N–H and O–H groups in total. The minimum absolute atomic E-state index is 0.349. The van der Waals surface area contributed by atoms with Gasteiger partial charge in [0.05, 0.1) is 11.0 Å². The van der Waals surface area contributed by atoms with Crippen molar-refractivity contribution in [2.75, 3.05) is 18.0 Å². The molecule has 1 aliphatic rings. The van der Waals surface area contributed by atoms with Crippen molar-refractivity contribution >= 4 is 11.7 Å². The fourth-order valence-electron chi connectivity index (χ4n) is 2.92. The van der Waals surface area contributed by atoms with Crippen LogP contribution >= 0.6 is 0 Å². The molecule has 1 atom stereocenters. The molecule has 21 heavy (non-hydrogen) atoms. The van der Waals surface area contributed by atoms with Crippen molar-refractivity contribution in [1.82, 2.24) is 0 Å². The molecule has 2 rings (SSSR count). The molecule has 0 saturated carbocycles. The number of carboxylic acid groups (broad SMARTS) is 1. The van der Waals surface area contributed by atoms with E-state index in [-0.39, 0.29) is 0 Å². The minimum Gasteiger partial charge on any atom is -0.481 e. The van der Waals surface area contributed by atoms with Crippen LogP contribution in [0.15, 0.2) is 24.3 Å². The first kappa shape index (κ1) is 15.7. The number of hydrogen-bond donors (Lipinski definition) is 1. The minimum atomic E-state index is -4.35. The zero-order valence-corrected chi connectivity index (χ0v) is 11.8. The Kier molecular flexibility index (Phi) is 4.16. The maximum Gasteiger partial charge on any atom is 0.416 e. The molecule has 1 aromatic carbocycles. The molecule has 0 aromatic heterocycles. The predicted molar refractivity (Wildman–Crippen MR) is 73.3 cm³/mol. The maximum atomic E-state index is 12.5. The third-order valence-electron chi connectivity index (χ3n) is 4.10. The molecule has 6 heteroatoms. The molecule has 0 amide bonds. The molecule has 1 heterocycles. The highest BCUT2D eigenvalue weighted by atomic mass is 19.4. The molecule has 1 aromatic rings. The van der Waals surface area contributed by atoms with Gasteiger partial charge in [0.15, 0.2) is 0 Å². The highest BCUT2D eigenvalue weighted by Crippen LogP contribution is 2.38. The van der Waals surface area contributed by atoms with E-state index in [2.05, 4.69) is 0 Å². The van der Waals surface area contributed by atoms with Crippen LogP contribution in [0, 0.1) is 5.41 Å². The van der Waals surface area contributed by atoms with Crippen LogP contribution in [0.4, 0.5) is 18.9 Å². The van der Waals surface area contributed by atoms with E-state index in [1.165, 1.54) is 12.1 Å². The molecule has 0 aliphatic carbocycles. The third-order valence-corrected chi connectivity index (χ3v) is 4.10. The van der Waals surface area contributed by atoms with Crippen LogP contribution in [0.2, 0.25) is 0 Å². The Morgan fingerprint density at radius 3 is 2.43 bits per heavy atom. The van der Waals surface area contributed by atoms with Gasteiger partial charge in [-0.15, -0.1) is 0 Å². The third kappa shape index (κ3) is 3.14. The number of nitrogens with zero attached hydrogens (tertiary/aromatic N) is 1. The summed E-state index contributed by atoms with van der Waals surface area (Å²) in [4.78, 5) is 13.4. The quantitative estimate of drug-likeness (QED) is 0.920. The second-order valence-corrected chi connectivity index (χ2v) is 5.55. The average Bonchev–Trinajstić information content (AvgIpc) is 2.84. The van der Waals surface area contributed by atoms with E-state index in [1.807, 2.05) is 11.8 Å². The first-order valence-electron chi connectivity index (χ1n) is 6.94. The lowest BCUT2D eigenvalue weighted by Gasteiger charge is -2.25. The molecule has 3 nitrogen and oxygen atoms in total. The van der Waals surface area contributed by atoms with Gasteiger partial charge in [-0.25, -0.2) is 0 Å². The number of anilines is 1. The largest absolute Gasteiger partial charge is 0.481 e. The summed E-state index contributed by atoms with van der Waals surface area (Å²) in [6.07, 6.45) is -2.47. The van der Waals surface area contributed by atoms with Crippen LogP contribution in [-0.2, 0) is 11.0 Å². The van der Waals surface area contributed by atoms with Gasteiger partial charge in [0.2, 0.25) is 0 Å². The van der Waals surface area contributed by atoms with Gasteiger partial charge >= 0.3 is 12.1 Å². The molecule has 1 aliphatic heterocycles. The van der Waals surface area contributed by atoms with Crippen LogP contribution in [0.25, 0.3) is 0 Å². The van der Waals surface area contributed by atoms with Crippen molar-refractivity contribution in [3.8, 4) is 0 Å². The maximum absolute atomic E-state index is 12.5. The smallest absolute Gasteiger partial charge is 0.416 e. The second kappa shape index (κ2) is 5.58. The van der Waals surface area contributed by atoms with Gasteiger partial charge in [-0.1, -0.05) is 13.3 Å². The van der Waals surface area contributed by atoms with Crippen LogP contribution in [-0.4, -0.2) is 24.2 Å². The van der Waals surface area contributed by atoms with Gasteiger partial charge in [-0.05, 0) is 37.1 Å². The van der Waals surface area contributed by atoms with Crippen molar-refractivity contribution < 1.29 is 23.1 Å². The van der Waals surface area contributed by atoms with E-state index < -0.39 is 23.1 Å². The number of hydrogen-bond acceptors (Lipinski definition) is 2. The topological polar surface area (TPSA) is 40.5 Å². The molecular weight excluding hydrogens is 283 g/mol. The molecule has 116 valence electrons. The van der Waals surface area contributed by atoms with E-state index in [0.717, 1.165) is 18.6 Å². The summed E-state index contributed by atoms with van der Waals surface area (Å²) in [5, 5.41) is 9.43. The SMILES string of the molecule is CCCC1(C(=O)O)CCN(c2ccc(C(F)(F)F)cc2)C1. The van der Waals surface area contributed by atoms with Crippen molar-refractivity contribution in [2.24, 2.45) is 5.41 Å². The summed E-state index contributed by atoms with van der Waals surface area (Å²) < 4.78 is 37.6. The standard InChI is InChI=1S/C15H18F3NO2/c1-2-7-14(13(20)21)8-9-19(10-14)12-5-3-11(4-6-12)15(16,17)18/h3-6H,2,7-10H2,1H3,(H,20,21). The van der Waals surface area contributed by atoms with Gasteiger partial charge in [0.25, 0.3) is 0 Å².